The molecular weight excluding hydrogens is 206 g/mol. The fourth-order valence-corrected chi connectivity index (χ4v) is 2.62. The third-order valence-corrected chi connectivity index (χ3v) is 3.39. The Morgan fingerprint density at radius 3 is 2.41 bits per heavy atom. The molecule has 0 bridgehead atoms. The van der Waals surface area contributed by atoms with Gasteiger partial charge in [0.05, 0.1) is 0 Å². The van der Waals surface area contributed by atoms with E-state index in [0.29, 0.717) is 0 Å². The van der Waals surface area contributed by atoms with Gasteiger partial charge in [-0.2, -0.15) is 0 Å². The summed E-state index contributed by atoms with van der Waals surface area (Å²) in [7, 11) is 0. The van der Waals surface area contributed by atoms with Gasteiger partial charge >= 0.3 is 0 Å². The molecule has 0 spiro atoms. The summed E-state index contributed by atoms with van der Waals surface area (Å²) in [6, 6.07) is 21.4. The molecule has 0 saturated heterocycles. The summed E-state index contributed by atoms with van der Waals surface area (Å²) >= 11 is 0. The quantitative estimate of drug-likeness (QED) is 0.434. The minimum Gasteiger partial charge on any atom is -0.354 e. The lowest BCUT2D eigenvalue weighted by atomic mass is 10.0. The first-order valence-electron chi connectivity index (χ1n) is 6.82. The van der Waals surface area contributed by atoms with Gasteiger partial charge in [0, 0.05) is 26.2 Å². The number of rotatable bonds is 0. The number of para-hydroxylation sites is 1. The lowest BCUT2D eigenvalue weighted by Gasteiger charge is -1.99. The molecule has 0 radical (unpaired) electrons. The topological polar surface area (TPSA) is 15.8 Å². The SMILES string of the molecule is [2HH].[2H][2H].c1ccc2c(c1)ccc1[nH]c3ccccc3c12. The minimum atomic E-state index is 0. The molecule has 0 amide bonds. The normalized spacial score (nSPS) is 12.0. The summed E-state index contributed by atoms with van der Waals surface area (Å²) < 4.78 is 10.0. The zero-order valence-electron chi connectivity index (χ0n) is 11.3. The predicted molar refractivity (Wildman–Crippen MR) is 77.5 cm³/mol. The molecular formula is C16H15N. The van der Waals surface area contributed by atoms with Gasteiger partial charge in [-0.25, -0.2) is 0 Å². The average Bonchev–Trinajstić information content (AvgIpc) is 2.88. The maximum Gasteiger partial charge on any atom is 0.0471 e. The van der Waals surface area contributed by atoms with Crippen molar-refractivity contribution < 1.29 is 4.40 Å². The highest BCUT2D eigenvalue weighted by atomic mass is 14.7. The third kappa shape index (κ3) is 1.14. The van der Waals surface area contributed by atoms with Gasteiger partial charge in [-0.3, -0.25) is 0 Å². The lowest BCUT2D eigenvalue weighted by Crippen LogP contribution is -1.73. The molecule has 84 valence electrons. The van der Waals surface area contributed by atoms with Crippen molar-refractivity contribution in [3.05, 3.63) is 60.7 Å². The second kappa shape index (κ2) is 3.11. The largest absolute Gasteiger partial charge is 0.354 e. The van der Waals surface area contributed by atoms with Gasteiger partial charge in [-0.1, -0.05) is 48.5 Å². The fourth-order valence-electron chi connectivity index (χ4n) is 2.62. The highest BCUT2D eigenvalue weighted by molar-refractivity contribution is 6.20. The number of fused-ring (bicyclic) bond motifs is 5. The van der Waals surface area contributed by atoms with Crippen molar-refractivity contribution in [3.63, 3.8) is 0 Å². The van der Waals surface area contributed by atoms with Crippen molar-refractivity contribution in [2.45, 2.75) is 0 Å². The Kier molecular flexibility index (Phi) is 1.45. The highest BCUT2D eigenvalue weighted by Gasteiger charge is 2.06. The number of nitrogens with one attached hydrogen (secondary N) is 1. The molecule has 0 aliphatic rings. The summed E-state index contributed by atoms with van der Waals surface area (Å²) in [5.41, 5.74) is 2.42. The maximum absolute atomic E-state index is 5.00. The molecule has 0 unspecified atom stereocenters. The maximum atomic E-state index is 5.00. The van der Waals surface area contributed by atoms with Gasteiger partial charge in [-0.15, -0.1) is 0 Å². The summed E-state index contributed by atoms with van der Waals surface area (Å²) in [4.78, 5) is 3.47. The first-order valence-corrected chi connectivity index (χ1v) is 5.82. The smallest absolute Gasteiger partial charge is 0.0471 e. The van der Waals surface area contributed by atoms with Gasteiger partial charge in [0.25, 0.3) is 0 Å². The molecule has 0 atom stereocenters. The number of hydrogen-bond acceptors (Lipinski definition) is 0. The van der Waals surface area contributed by atoms with Crippen LogP contribution in [0.1, 0.15) is 4.40 Å². The Bertz CT molecular complexity index is 846. The monoisotopic (exact) mass is 224 g/mol. The Hall–Kier alpha value is -2.28. The number of H-pyrrole nitrogens is 1. The van der Waals surface area contributed by atoms with Crippen LogP contribution in [-0.4, -0.2) is 4.98 Å². The molecule has 0 aliphatic carbocycles. The summed E-state index contributed by atoms with van der Waals surface area (Å²) in [5, 5.41) is 5.25. The van der Waals surface area contributed by atoms with Crippen LogP contribution in [0.15, 0.2) is 60.7 Å². The Labute approximate surface area is 103 Å². The van der Waals surface area contributed by atoms with Crippen LogP contribution in [0.3, 0.4) is 0 Å². The van der Waals surface area contributed by atoms with Gasteiger partial charge in [-0.05, 0) is 22.9 Å². The van der Waals surface area contributed by atoms with Crippen molar-refractivity contribution in [1.29, 1.82) is 0 Å². The van der Waals surface area contributed by atoms with E-state index in [9.17, 15) is 0 Å². The van der Waals surface area contributed by atoms with Crippen molar-refractivity contribution >= 4 is 32.6 Å². The van der Waals surface area contributed by atoms with Crippen LogP contribution in [0.4, 0.5) is 0 Å². The molecule has 4 rings (SSSR count). The van der Waals surface area contributed by atoms with Crippen molar-refractivity contribution in [2.75, 3.05) is 0 Å². The van der Waals surface area contributed by atoms with E-state index in [1.807, 2.05) is 0 Å². The van der Waals surface area contributed by atoms with E-state index in [1.54, 1.807) is 0 Å². The van der Waals surface area contributed by atoms with Gasteiger partial charge < -0.3 is 4.98 Å². The molecule has 17 heavy (non-hydrogen) atoms. The molecule has 1 heterocycles. The molecule has 0 aliphatic heterocycles. The second-order valence-corrected chi connectivity index (χ2v) is 4.38. The van der Waals surface area contributed by atoms with E-state index >= 15 is 0 Å². The summed E-state index contributed by atoms with van der Waals surface area (Å²) in [6.07, 6.45) is 0. The zero-order chi connectivity index (χ0) is 13.2. The first-order chi connectivity index (χ1) is 9.43. The lowest BCUT2D eigenvalue weighted by molar-refractivity contribution is 1.55. The van der Waals surface area contributed by atoms with Crippen LogP contribution in [0, 0.1) is 0 Å². The second-order valence-electron chi connectivity index (χ2n) is 4.38. The molecule has 0 fully saturated rings. The Morgan fingerprint density at radius 1 is 0.706 bits per heavy atom. The average molecular weight is 224 g/mol. The van der Waals surface area contributed by atoms with E-state index in [2.05, 4.69) is 65.6 Å². The number of benzene rings is 3. The van der Waals surface area contributed by atoms with Crippen LogP contribution in [-0.2, 0) is 0 Å². The first kappa shape index (κ1) is 7.91. The van der Waals surface area contributed by atoms with Crippen LogP contribution >= 0.6 is 0 Å². The number of aromatic amines is 1. The van der Waals surface area contributed by atoms with E-state index in [-0.39, 0.29) is 1.43 Å². The molecule has 3 aromatic carbocycles. The zero-order valence-corrected chi connectivity index (χ0v) is 9.27. The van der Waals surface area contributed by atoms with E-state index in [0.717, 1.165) is 0 Å². The Morgan fingerprint density at radius 2 is 1.47 bits per heavy atom. The van der Waals surface area contributed by atoms with Crippen LogP contribution < -0.4 is 0 Å². The molecule has 0 saturated carbocycles. The van der Waals surface area contributed by atoms with Crippen LogP contribution in [0.25, 0.3) is 32.6 Å². The third-order valence-electron chi connectivity index (χ3n) is 3.39. The number of aromatic nitrogens is 1. The van der Waals surface area contributed by atoms with Crippen LogP contribution in [0.5, 0.6) is 0 Å². The van der Waals surface area contributed by atoms with E-state index in [1.165, 1.54) is 32.6 Å². The van der Waals surface area contributed by atoms with Gasteiger partial charge in [0.1, 0.15) is 0 Å². The number of hydrogen-bond donors (Lipinski definition) is 1. The minimum absolute atomic E-state index is 0. The molecule has 1 N–H and O–H groups in total. The van der Waals surface area contributed by atoms with E-state index < -0.39 is 0 Å². The molecule has 4 aromatic rings. The van der Waals surface area contributed by atoms with Gasteiger partial charge in [0.15, 0.2) is 0 Å². The predicted octanol–water partition coefficient (Wildman–Crippen LogP) is 4.97. The Balaban J connectivity index is 0.000000471. The standard InChI is InChI=1S/C16H11N.2H2/c1-2-6-12-11(5-1)9-10-15-16(12)13-7-3-4-8-14(13)17-15;;/h1-10,17H;2*1H/i;1+1D;1+1. The van der Waals surface area contributed by atoms with Crippen molar-refractivity contribution in [1.82, 2.24) is 4.98 Å². The van der Waals surface area contributed by atoms with Crippen LogP contribution in [0.2, 0.25) is 0 Å². The van der Waals surface area contributed by atoms with Gasteiger partial charge in [0.2, 0.25) is 0 Å². The highest BCUT2D eigenvalue weighted by Crippen LogP contribution is 2.31. The molecule has 1 heteroatoms. The summed E-state index contributed by atoms with van der Waals surface area (Å²) in [6.45, 7) is 0. The van der Waals surface area contributed by atoms with E-state index in [4.69, 9.17) is 2.97 Å². The molecule has 1 aromatic heterocycles. The van der Waals surface area contributed by atoms with Crippen molar-refractivity contribution in [3.8, 4) is 0 Å². The molecule has 1 nitrogen and oxygen atoms in total. The fraction of sp³-hybridized carbons (Fsp3) is 0. The van der Waals surface area contributed by atoms with Crippen molar-refractivity contribution in [2.24, 2.45) is 0 Å². The summed E-state index contributed by atoms with van der Waals surface area (Å²) in [5.74, 6) is 0.